The number of ether oxygens (including phenoxy) is 2. The summed E-state index contributed by atoms with van der Waals surface area (Å²) < 4.78 is 11.2. The number of carbonyl (C=O) groups excluding carboxylic acids is 2. The maximum absolute atomic E-state index is 12.3. The van der Waals surface area contributed by atoms with E-state index in [4.69, 9.17) is 9.47 Å². The Bertz CT molecular complexity index is 989. The second kappa shape index (κ2) is 11.2. The zero-order valence-corrected chi connectivity index (χ0v) is 21.5. The van der Waals surface area contributed by atoms with Crippen LogP contribution in [-0.2, 0) is 20.4 Å². The number of carbonyl (C=O) groups is 2. The highest BCUT2D eigenvalue weighted by Crippen LogP contribution is 2.53. The summed E-state index contributed by atoms with van der Waals surface area (Å²) in [7, 11) is 0. The summed E-state index contributed by atoms with van der Waals surface area (Å²) in [6.07, 6.45) is 7.81. The van der Waals surface area contributed by atoms with Crippen molar-refractivity contribution >= 4 is 11.9 Å². The molecule has 0 radical (unpaired) electrons. The zero-order valence-electron chi connectivity index (χ0n) is 21.5. The lowest BCUT2D eigenvalue weighted by Gasteiger charge is -2.28. The predicted molar refractivity (Wildman–Crippen MR) is 137 cm³/mol. The molecule has 34 heavy (non-hydrogen) atoms. The number of fused-ring (bicyclic) bond motifs is 1. The predicted octanol–water partition coefficient (Wildman–Crippen LogP) is 7.65. The fourth-order valence-corrected chi connectivity index (χ4v) is 5.26. The molecule has 0 aliphatic heterocycles. The Morgan fingerprint density at radius 1 is 0.735 bits per heavy atom. The molecule has 0 amide bonds. The molecule has 0 saturated heterocycles. The number of hydrogen-bond acceptors (Lipinski definition) is 4. The van der Waals surface area contributed by atoms with Crippen LogP contribution in [0.15, 0.2) is 42.5 Å². The lowest BCUT2D eigenvalue weighted by molar-refractivity contribution is -0.135. The van der Waals surface area contributed by atoms with Crippen LogP contribution in [0.5, 0.6) is 11.5 Å². The van der Waals surface area contributed by atoms with Gasteiger partial charge in [-0.3, -0.25) is 9.59 Å². The molecule has 0 aromatic heterocycles. The van der Waals surface area contributed by atoms with Gasteiger partial charge in [0.05, 0.1) is 0 Å². The molecule has 0 heterocycles. The van der Waals surface area contributed by atoms with Gasteiger partial charge >= 0.3 is 11.9 Å². The number of rotatable bonds is 11. The summed E-state index contributed by atoms with van der Waals surface area (Å²) >= 11 is 0. The third-order valence-electron chi connectivity index (χ3n) is 7.03. The van der Waals surface area contributed by atoms with Gasteiger partial charge in [-0.25, -0.2) is 0 Å². The van der Waals surface area contributed by atoms with E-state index in [-0.39, 0.29) is 22.8 Å². The first-order valence-electron chi connectivity index (χ1n) is 12.9. The monoisotopic (exact) mass is 464 g/mol. The highest BCUT2D eigenvalue weighted by atomic mass is 16.5. The molecular formula is C30H40O4. The van der Waals surface area contributed by atoms with Crippen LogP contribution in [0.4, 0.5) is 0 Å². The van der Waals surface area contributed by atoms with Gasteiger partial charge in [-0.1, -0.05) is 78.5 Å². The lowest BCUT2D eigenvalue weighted by Crippen LogP contribution is -2.23. The van der Waals surface area contributed by atoms with E-state index in [0.717, 1.165) is 50.5 Å². The number of esters is 2. The quantitative estimate of drug-likeness (QED) is 0.195. The molecule has 1 aliphatic rings. The fourth-order valence-electron chi connectivity index (χ4n) is 5.26. The summed E-state index contributed by atoms with van der Waals surface area (Å²) in [5.41, 5.74) is 3.41. The minimum Gasteiger partial charge on any atom is -0.427 e. The summed E-state index contributed by atoms with van der Waals surface area (Å²) in [5.74, 6) is 0.852. The standard InChI is InChI=1S/C30H40O4/c1-6-8-10-12-27(31)33-23-16-14-22(15-17-23)30(5)21-29(3,4)25-19-18-24(20-26(25)30)34-28(32)13-11-9-7-2/h14-20H,6-13,21H2,1-5H3/t30-/m1/s1. The smallest absolute Gasteiger partial charge is 0.311 e. The molecule has 0 N–H and O–H groups in total. The first-order chi connectivity index (χ1) is 16.2. The van der Waals surface area contributed by atoms with Gasteiger partial charge in [0.2, 0.25) is 0 Å². The van der Waals surface area contributed by atoms with Crippen LogP contribution < -0.4 is 9.47 Å². The van der Waals surface area contributed by atoms with Crippen molar-refractivity contribution in [1.29, 1.82) is 0 Å². The lowest BCUT2D eigenvalue weighted by atomic mass is 9.75. The van der Waals surface area contributed by atoms with Gasteiger partial charge < -0.3 is 9.47 Å². The Balaban J connectivity index is 1.79. The molecule has 3 rings (SSSR count). The fraction of sp³-hybridized carbons (Fsp3) is 0.533. The van der Waals surface area contributed by atoms with Crippen LogP contribution in [0.25, 0.3) is 0 Å². The normalized spacial score (nSPS) is 18.4. The van der Waals surface area contributed by atoms with Crippen molar-refractivity contribution in [3.05, 3.63) is 59.2 Å². The zero-order chi connectivity index (χ0) is 24.8. The van der Waals surface area contributed by atoms with E-state index in [1.165, 1.54) is 11.1 Å². The Kier molecular flexibility index (Phi) is 8.57. The van der Waals surface area contributed by atoms with Crippen molar-refractivity contribution in [3.63, 3.8) is 0 Å². The van der Waals surface area contributed by atoms with Crippen LogP contribution in [-0.4, -0.2) is 11.9 Å². The number of benzene rings is 2. The van der Waals surface area contributed by atoms with Crippen molar-refractivity contribution in [2.45, 2.75) is 103 Å². The molecule has 0 bridgehead atoms. The summed E-state index contributed by atoms with van der Waals surface area (Å²) in [5, 5.41) is 0. The molecular weight excluding hydrogens is 424 g/mol. The van der Waals surface area contributed by atoms with E-state index < -0.39 is 0 Å². The highest BCUT2D eigenvalue weighted by Gasteiger charge is 2.46. The Morgan fingerprint density at radius 3 is 1.82 bits per heavy atom. The summed E-state index contributed by atoms with van der Waals surface area (Å²) in [6.45, 7) is 11.0. The molecule has 0 spiro atoms. The molecule has 2 aromatic carbocycles. The van der Waals surface area contributed by atoms with Crippen molar-refractivity contribution in [2.24, 2.45) is 0 Å². The molecule has 1 aliphatic carbocycles. The van der Waals surface area contributed by atoms with E-state index >= 15 is 0 Å². The average Bonchev–Trinajstić information content (AvgIpc) is 3.00. The van der Waals surface area contributed by atoms with E-state index in [1.54, 1.807) is 0 Å². The van der Waals surface area contributed by atoms with Crippen LogP contribution >= 0.6 is 0 Å². The molecule has 184 valence electrons. The SMILES string of the molecule is CCCCCC(=O)Oc1ccc([C@@]2(C)CC(C)(C)c3ccc(OC(=O)CCCCC)cc32)cc1. The van der Waals surface area contributed by atoms with Crippen molar-refractivity contribution in [3.8, 4) is 11.5 Å². The highest BCUT2D eigenvalue weighted by molar-refractivity contribution is 5.73. The third kappa shape index (κ3) is 6.08. The summed E-state index contributed by atoms with van der Waals surface area (Å²) in [4.78, 5) is 24.4. The van der Waals surface area contributed by atoms with Crippen LogP contribution in [0.2, 0.25) is 0 Å². The van der Waals surface area contributed by atoms with E-state index in [2.05, 4.69) is 52.8 Å². The van der Waals surface area contributed by atoms with Crippen molar-refractivity contribution in [1.82, 2.24) is 0 Å². The number of hydrogen-bond donors (Lipinski definition) is 0. The molecule has 2 aromatic rings. The van der Waals surface area contributed by atoms with Gasteiger partial charge in [0, 0.05) is 18.3 Å². The minimum absolute atomic E-state index is 0.00182. The van der Waals surface area contributed by atoms with Gasteiger partial charge in [-0.05, 0) is 65.6 Å². The van der Waals surface area contributed by atoms with Gasteiger partial charge in [0.1, 0.15) is 11.5 Å². The van der Waals surface area contributed by atoms with Crippen LogP contribution in [0.1, 0.15) is 109 Å². The van der Waals surface area contributed by atoms with Gasteiger partial charge in [0.25, 0.3) is 0 Å². The molecule has 0 unspecified atom stereocenters. The second-order valence-electron chi connectivity index (χ2n) is 10.5. The van der Waals surface area contributed by atoms with Crippen molar-refractivity contribution in [2.75, 3.05) is 0 Å². The molecule has 1 atom stereocenters. The number of unbranched alkanes of at least 4 members (excludes halogenated alkanes) is 4. The largest absolute Gasteiger partial charge is 0.427 e. The third-order valence-corrected chi connectivity index (χ3v) is 7.03. The van der Waals surface area contributed by atoms with E-state index in [0.29, 0.717) is 24.3 Å². The molecule has 0 fully saturated rings. The van der Waals surface area contributed by atoms with Gasteiger partial charge in [0.15, 0.2) is 0 Å². The Labute approximate surface area is 205 Å². The van der Waals surface area contributed by atoms with Gasteiger partial charge in [-0.15, -0.1) is 0 Å². The van der Waals surface area contributed by atoms with Crippen LogP contribution in [0.3, 0.4) is 0 Å². The second-order valence-corrected chi connectivity index (χ2v) is 10.5. The topological polar surface area (TPSA) is 52.6 Å². The first-order valence-corrected chi connectivity index (χ1v) is 12.9. The van der Waals surface area contributed by atoms with Crippen LogP contribution in [0, 0.1) is 0 Å². The van der Waals surface area contributed by atoms with Crippen molar-refractivity contribution < 1.29 is 19.1 Å². The Morgan fingerprint density at radius 2 is 1.26 bits per heavy atom. The summed E-state index contributed by atoms with van der Waals surface area (Å²) in [6, 6.07) is 14.0. The first kappa shape index (κ1) is 26.0. The van der Waals surface area contributed by atoms with E-state index in [9.17, 15) is 9.59 Å². The molecule has 4 nitrogen and oxygen atoms in total. The van der Waals surface area contributed by atoms with Gasteiger partial charge in [-0.2, -0.15) is 0 Å². The molecule has 0 saturated carbocycles. The minimum atomic E-state index is -0.229. The Hall–Kier alpha value is -2.62. The average molecular weight is 465 g/mol. The van der Waals surface area contributed by atoms with E-state index in [1.807, 2.05) is 24.3 Å². The molecule has 4 heteroatoms. The maximum atomic E-state index is 12.3. The maximum Gasteiger partial charge on any atom is 0.311 e.